The predicted molar refractivity (Wildman–Crippen MR) is 114 cm³/mol. The number of aliphatic hydroxyl groups is 1. The summed E-state index contributed by atoms with van der Waals surface area (Å²) in [5, 5.41) is 10.8. The zero-order valence-corrected chi connectivity index (χ0v) is 17.4. The Morgan fingerprint density at radius 2 is 1.59 bits per heavy atom. The van der Waals surface area contributed by atoms with E-state index in [0.29, 0.717) is 12.0 Å². The minimum Gasteiger partial charge on any atom is -0.390 e. The minimum absolute atomic E-state index is 0.248. The highest BCUT2D eigenvalue weighted by Gasteiger charge is 2.34. The van der Waals surface area contributed by atoms with Crippen LogP contribution in [-0.4, -0.2) is 53.2 Å². The fraction of sp³-hybridized carbons (Fsp3) is 0.478. The molecule has 0 amide bonds. The summed E-state index contributed by atoms with van der Waals surface area (Å²) in [5.41, 5.74) is 2.79. The highest BCUT2D eigenvalue weighted by molar-refractivity contribution is 9.10. The van der Waals surface area contributed by atoms with E-state index in [1.807, 2.05) is 0 Å². The van der Waals surface area contributed by atoms with E-state index in [9.17, 15) is 5.11 Å². The first-order chi connectivity index (χ1) is 13.2. The number of rotatable bonds is 4. The first kappa shape index (κ1) is 19.1. The van der Waals surface area contributed by atoms with Crippen molar-refractivity contribution in [2.24, 2.45) is 0 Å². The fourth-order valence-electron chi connectivity index (χ4n) is 4.69. The molecule has 0 radical (unpaired) electrons. The van der Waals surface area contributed by atoms with Crippen molar-refractivity contribution in [1.82, 2.24) is 9.80 Å². The first-order valence-corrected chi connectivity index (χ1v) is 10.9. The van der Waals surface area contributed by atoms with Gasteiger partial charge >= 0.3 is 0 Å². The number of hydrogen-bond acceptors (Lipinski definition) is 3. The summed E-state index contributed by atoms with van der Waals surface area (Å²) in [7, 11) is 0. The number of halogens is 1. The third-order valence-electron chi connectivity index (χ3n) is 6.22. The van der Waals surface area contributed by atoms with Crippen molar-refractivity contribution in [1.29, 1.82) is 0 Å². The van der Waals surface area contributed by atoms with Gasteiger partial charge in [0.15, 0.2) is 0 Å². The number of hydrogen-bond donors (Lipinski definition) is 1. The third kappa shape index (κ3) is 4.80. The SMILES string of the molecule is O[C@@H]1CN(Cc2ccc(Br)cc2)CC[C@H]1N1CCC(c2ccccc2)CC1. The van der Waals surface area contributed by atoms with Gasteiger partial charge in [-0.25, -0.2) is 0 Å². The van der Waals surface area contributed by atoms with Gasteiger partial charge in [-0.15, -0.1) is 0 Å². The molecule has 0 spiro atoms. The van der Waals surface area contributed by atoms with E-state index in [4.69, 9.17) is 0 Å². The summed E-state index contributed by atoms with van der Waals surface area (Å²) in [6.45, 7) is 4.98. The van der Waals surface area contributed by atoms with E-state index >= 15 is 0 Å². The van der Waals surface area contributed by atoms with Crippen LogP contribution in [0.25, 0.3) is 0 Å². The van der Waals surface area contributed by atoms with Gasteiger partial charge in [-0.3, -0.25) is 9.80 Å². The Labute approximate surface area is 171 Å². The van der Waals surface area contributed by atoms with Crippen LogP contribution < -0.4 is 0 Å². The standard InChI is InChI=1S/C23H29BrN2O/c24-21-8-6-18(7-9-21)16-25-13-12-22(23(27)17-25)26-14-10-20(11-15-26)19-4-2-1-3-5-19/h1-9,20,22-23,27H,10-17H2/t22-,23-/m1/s1. The second kappa shape index (κ2) is 8.87. The van der Waals surface area contributed by atoms with Crippen LogP contribution in [0, 0.1) is 0 Å². The maximum absolute atomic E-state index is 10.8. The van der Waals surface area contributed by atoms with Crippen molar-refractivity contribution < 1.29 is 5.11 Å². The zero-order chi connectivity index (χ0) is 18.6. The molecule has 1 N–H and O–H groups in total. The lowest BCUT2D eigenvalue weighted by molar-refractivity contribution is -0.0231. The molecule has 0 bridgehead atoms. The van der Waals surface area contributed by atoms with Gasteiger partial charge in [0.2, 0.25) is 0 Å². The van der Waals surface area contributed by atoms with Crippen molar-refractivity contribution >= 4 is 15.9 Å². The summed E-state index contributed by atoms with van der Waals surface area (Å²) in [4.78, 5) is 4.93. The number of benzene rings is 2. The maximum atomic E-state index is 10.8. The smallest absolute Gasteiger partial charge is 0.0822 e. The van der Waals surface area contributed by atoms with Crippen molar-refractivity contribution in [2.45, 2.75) is 43.9 Å². The van der Waals surface area contributed by atoms with Crippen molar-refractivity contribution in [3.05, 3.63) is 70.2 Å². The number of aliphatic hydroxyl groups excluding tert-OH is 1. The van der Waals surface area contributed by atoms with E-state index in [0.717, 1.165) is 43.6 Å². The van der Waals surface area contributed by atoms with Crippen LogP contribution in [-0.2, 0) is 6.54 Å². The summed E-state index contributed by atoms with van der Waals surface area (Å²) in [6, 6.07) is 19.7. The molecule has 2 fully saturated rings. The molecule has 3 nitrogen and oxygen atoms in total. The van der Waals surface area contributed by atoms with Crippen LogP contribution >= 0.6 is 15.9 Å². The molecule has 2 atom stereocenters. The number of piperidine rings is 2. The van der Waals surface area contributed by atoms with Crippen LogP contribution in [0.1, 0.15) is 36.3 Å². The molecule has 2 aromatic carbocycles. The average molecular weight is 429 g/mol. The van der Waals surface area contributed by atoms with Gasteiger partial charge in [-0.1, -0.05) is 58.4 Å². The molecule has 2 aliphatic rings. The molecule has 2 heterocycles. The van der Waals surface area contributed by atoms with Crippen LogP contribution in [0.3, 0.4) is 0 Å². The van der Waals surface area contributed by atoms with E-state index in [2.05, 4.69) is 80.3 Å². The molecule has 2 aromatic rings. The number of likely N-dealkylation sites (tertiary alicyclic amines) is 2. The summed E-state index contributed by atoms with van der Waals surface area (Å²) >= 11 is 3.49. The van der Waals surface area contributed by atoms with E-state index in [1.165, 1.54) is 24.0 Å². The van der Waals surface area contributed by atoms with Crippen LogP contribution in [0.5, 0.6) is 0 Å². The molecule has 4 rings (SSSR count). The maximum Gasteiger partial charge on any atom is 0.0822 e. The molecule has 27 heavy (non-hydrogen) atoms. The van der Waals surface area contributed by atoms with Gasteiger partial charge in [0.1, 0.15) is 0 Å². The normalized spacial score (nSPS) is 25.6. The topological polar surface area (TPSA) is 26.7 Å². The van der Waals surface area contributed by atoms with Gasteiger partial charge in [-0.2, -0.15) is 0 Å². The molecule has 0 aromatic heterocycles. The molecule has 0 saturated carbocycles. The predicted octanol–water partition coefficient (Wildman–Crippen LogP) is 4.26. The number of β-amino-alcohol motifs (C(OH)–C–C–N with tert-alkyl or cyclic N) is 1. The Hall–Kier alpha value is -1.20. The second-order valence-corrected chi connectivity index (χ2v) is 8.92. The van der Waals surface area contributed by atoms with Crippen molar-refractivity contribution in [3.8, 4) is 0 Å². The Kier molecular flexibility index (Phi) is 6.28. The van der Waals surface area contributed by atoms with Gasteiger partial charge in [-0.05, 0) is 61.5 Å². The van der Waals surface area contributed by atoms with Crippen LogP contribution in [0.4, 0.5) is 0 Å². The quantitative estimate of drug-likeness (QED) is 0.787. The Morgan fingerprint density at radius 1 is 0.889 bits per heavy atom. The summed E-state index contributed by atoms with van der Waals surface area (Å²) < 4.78 is 1.11. The average Bonchev–Trinajstić information content (AvgIpc) is 2.71. The lowest BCUT2D eigenvalue weighted by Gasteiger charge is -2.44. The fourth-order valence-corrected chi connectivity index (χ4v) is 4.96. The molecule has 0 unspecified atom stereocenters. The molecule has 144 valence electrons. The Morgan fingerprint density at radius 3 is 2.26 bits per heavy atom. The number of nitrogens with zero attached hydrogens (tertiary/aromatic N) is 2. The summed E-state index contributed by atoms with van der Waals surface area (Å²) in [6.07, 6.45) is 3.22. The van der Waals surface area contributed by atoms with Gasteiger partial charge in [0.25, 0.3) is 0 Å². The first-order valence-electron chi connectivity index (χ1n) is 10.1. The van der Waals surface area contributed by atoms with E-state index in [-0.39, 0.29) is 6.10 Å². The van der Waals surface area contributed by atoms with Crippen LogP contribution in [0.15, 0.2) is 59.1 Å². The highest BCUT2D eigenvalue weighted by atomic mass is 79.9. The monoisotopic (exact) mass is 428 g/mol. The van der Waals surface area contributed by atoms with Crippen LogP contribution in [0.2, 0.25) is 0 Å². The molecular weight excluding hydrogens is 400 g/mol. The molecule has 2 saturated heterocycles. The van der Waals surface area contributed by atoms with E-state index in [1.54, 1.807) is 0 Å². The summed E-state index contributed by atoms with van der Waals surface area (Å²) in [5.74, 6) is 0.678. The molecule has 2 aliphatic heterocycles. The second-order valence-electron chi connectivity index (χ2n) is 8.01. The lowest BCUT2D eigenvalue weighted by Crippen LogP contribution is -2.55. The Balaban J connectivity index is 1.28. The highest BCUT2D eigenvalue weighted by Crippen LogP contribution is 2.30. The molecular formula is C23H29BrN2O. The molecule has 0 aliphatic carbocycles. The van der Waals surface area contributed by atoms with Crippen molar-refractivity contribution in [3.63, 3.8) is 0 Å². The minimum atomic E-state index is -0.248. The van der Waals surface area contributed by atoms with Gasteiger partial charge in [0, 0.05) is 30.1 Å². The zero-order valence-electron chi connectivity index (χ0n) is 15.8. The lowest BCUT2D eigenvalue weighted by atomic mass is 9.87. The van der Waals surface area contributed by atoms with Gasteiger partial charge in [0.05, 0.1) is 6.10 Å². The molecule has 4 heteroatoms. The van der Waals surface area contributed by atoms with Gasteiger partial charge < -0.3 is 5.11 Å². The third-order valence-corrected chi connectivity index (χ3v) is 6.75. The van der Waals surface area contributed by atoms with E-state index < -0.39 is 0 Å². The largest absolute Gasteiger partial charge is 0.390 e. The Bertz CT molecular complexity index is 713. The van der Waals surface area contributed by atoms with Crippen molar-refractivity contribution in [2.75, 3.05) is 26.2 Å².